The van der Waals surface area contributed by atoms with Gasteiger partial charge in [-0.15, -0.1) is 0 Å². The maximum absolute atomic E-state index is 12.3. The molecule has 3 rings (SSSR count). The average Bonchev–Trinajstić information content (AvgIpc) is 2.75. The second-order valence-electron chi connectivity index (χ2n) is 7.08. The Labute approximate surface area is 171 Å². The lowest BCUT2D eigenvalue weighted by Crippen LogP contribution is -2.48. The second kappa shape index (κ2) is 10.5. The summed E-state index contributed by atoms with van der Waals surface area (Å²) in [6, 6.07) is 17.0. The highest BCUT2D eigenvalue weighted by Crippen LogP contribution is 2.15. The van der Waals surface area contributed by atoms with E-state index in [0.717, 1.165) is 24.2 Å². The smallest absolute Gasteiger partial charge is 0.260 e. The van der Waals surface area contributed by atoms with E-state index >= 15 is 0 Å². The summed E-state index contributed by atoms with van der Waals surface area (Å²) in [6.45, 7) is 3.87. The van der Waals surface area contributed by atoms with Crippen molar-refractivity contribution in [3.8, 4) is 11.5 Å². The van der Waals surface area contributed by atoms with Crippen molar-refractivity contribution in [2.45, 2.75) is 32.2 Å². The molecular formula is C23H28N2O4. The monoisotopic (exact) mass is 396 g/mol. The summed E-state index contributed by atoms with van der Waals surface area (Å²) in [6.07, 6.45) is 1.86. The molecule has 0 aromatic heterocycles. The third-order valence-electron chi connectivity index (χ3n) is 4.92. The number of rotatable bonds is 8. The summed E-state index contributed by atoms with van der Waals surface area (Å²) >= 11 is 0. The second-order valence-corrected chi connectivity index (χ2v) is 7.08. The molecule has 0 saturated carbocycles. The zero-order chi connectivity index (χ0) is 20.5. The molecule has 2 aromatic carbocycles. The van der Waals surface area contributed by atoms with Crippen LogP contribution in [0.25, 0.3) is 0 Å². The molecule has 1 fully saturated rings. The summed E-state index contributed by atoms with van der Waals surface area (Å²) in [5.41, 5.74) is 0.955. The lowest BCUT2D eigenvalue weighted by atomic mass is 10.0. The van der Waals surface area contributed by atoms with Gasteiger partial charge in [0, 0.05) is 19.1 Å². The third-order valence-corrected chi connectivity index (χ3v) is 4.92. The predicted molar refractivity (Wildman–Crippen MR) is 111 cm³/mol. The number of nitrogens with one attached hydrogen (secondary N) is 1. The molecule has 2 amide bonds. The molecule has 1 aliphatic heterocycles. The quantitative estimate of drug-likeness (QED) is 0.745. The lowest BCUT2D eigenvalue weighted by Gasteiger charge is -2.32. The van der Waals surface area contributed by atoms with Gasteiger partial charge in [-0.1, -0.05) is 30.3 Å². The van der Waals surface area contributed by atoms with Crippen molar-refractivity contribution in [3.63, 3.8) is 0 Å². The van der Waals surface area contributed by atoms with Crippen molar-refractivity contribution in [3.05, 3.63) is 60.2 Å². The van der Waals surface area contributed by atoms with Crippen LogP contribution in [-0.2, 0) is 16.0 Å². The fourth-order valence-corrected chi connectivity index (χ4v) is 3.36. The third kappa shape index (κ3) is 6.52. The normalized spacial score (nSPS) is 14.3. The molecule has 29 heavy (non-hydrogen) atoms. The topological polar surface area (TPSA) is 67.9 Å². The van der Waals surface area contributed by atoms with E-state index in [0.29, 0.717) is 31.9 Å². The first-order valence-corrected chi connectivity index (χ1v) is 10.1. The highest BCUT2D eigenvalue weighted by Gasteiger charge is 2.24. The number of para-hydroxylation sites is 1. The number of nitrogens with zero attached hydrogens (tertiary/aromatic N) is 1. The number of benzene rings is 2. The summed E-state index contributed by atoms with van der Waals surface area (Å²) < 4.78 is 11.0. The number of ether oxygens (including phenoxy) is 2. The van der Waals surface area contributed by atoms with Gasteiger partial charge in [0.1, 0.15) is 11.5 Å². The Morgan fingerprint density at radius 2 is 1.62 bits per heavy atom. The number of amides is 2. The van der Waals surface area contributed by atoms with Crippen molar-refractivity contribution in [2.75, 3.05) is 26.3 Å². The molecule has 0 spiro atoms. The predicted octanol–water partition coefficient (Wildman–Crippen LogP) is 2.81. The summed E-state index contributed by atoms with van der Waals surface area (Å²) in [5.74, 6) is 1.49. The van der Waals surface area contributed by atoms with Crippen LogP contribution in [0, 0.1) is 0 Å². The fraction of sp³-hybridized carbons (Fsp3) is 0.391. The highest BCUT2D eigenvalue weighted by atomic mass is 16.5. The molecular weight excluding hydrogens is 368 g/mol. The lowest BCUT2D eigenvalue weighted by molar-refractivity contribution is -0.134. The van der Waals surface area contributed by atoms with Gasteiger partial charge in [0.2, 0.25) is 5.91 Å². The summed E-state index contributed by atoms with van der Waals surface area (Å²) in [5, 5.41) is 3.09. The Morgan fingerprint density at radius 1 is 0.966 bits per heavy atom. The minimum Gasteiger partial charge on any atom is -0.494 e. The van der Waals surface area contributed by atoms with Gasteiger partial charge in [-0.25, -0.2) is 0 Å². The SMILES string of the molecule is CCOc1ccc(CC(=O)NC2CCN(C(=O)COc3ccccc3)CC2)cc1. The molecule has 0 unspecified atom stereocenters. The molecule has 1 saturated heterocycles. The number of likely N-dealkylation sites (tertiary alicyclic amines) is 1. The van der Waals surface area contributed by atoms with Crippen LogP contribution in [0.15, 0.2) is 54.6 Å². The van der Waals surface area contributed by atoms with Crippen LogP contribution in [-0.4, -0.2) is 49.1 Å². The highest BCUT2D eigenvalue weighted by molar-refractivity contribution is 5.79. The van der Waals surface area contributed by atoms with E-state index in [1.165, 1.54) is 0 Å². The van der Waals surface area contributed by atoms with Crippen LogP contribution in [0.5, 0.6) is 11.5 Å². The Kier molecular flexibility index (Phi) is 7.50. The molecule has 2 aromatic rings. The Balaban J connectivity index is 1.37. The summed E-state index contributed by atoms with van der Waals surface area (Å²) in [4.78, 5) is 26.4. The van der Waals surface area contributed by atoms with Gasteiger partial charge >= 0.3 is 0 Å². The van der Waals surface area contributed by atoms with Crippen molar-refractivity contribution in [2.24, 2.45) is 0 Å². The van der Waals surface area contributed by atoms with Crippen molar-refractivity contribution in [1.29, 1.82) is 0 Å². The van der Waals surface area contributed by atoms with Crippen LogP contribution >= 0.6 is 0 Å². The fourth-order valence-electron chi connectivity index (χ4n) is 3.36. The number of hydrogen-bond donors (Lipinski definition) is 1. The Morgan fingerprint density at radius 3 is 2.28 bits per heavy atom. The molecule has 1 heterocycles. The van der Waals surface area contributed by atoms with E-state index in [9.17, 15) is 9.59 Å². The van der Waals surface area contributed by atoms with E-state index < -0.39 is 0 Å². The minimum atomic E-state index is -0.0204. The van der Waals surface area contributed by atoms with Crippen molar-refractivity contribution in [1.82, 2.24) is 10.2 Å². The van der Waals surface area contributed by atoms with Crippen LogP contribution in [0.3, 0.4) is 0 Å². The maximum Gasteiger partial charge on any atom is 0.260 e. The Bertz CT molecular complexity index is 784. The molecule has 6 nitrogen and oxygen atoms in total. The summed E-state index contributed by atoms with van der Waals surface area (Å²) in [7, 11) is 0. The van der Waals surface area contributed by atoms with Gasteiger partial charge in [0.25, 0.3) is 5.91 Å². The molecule has 0 radical (unpaired) electrons. The molecule has 1 aliphatic rings. The molecule has 1 N–H and O–H groups in total. The van der Waals surface area contributed by atoms with Gasteiger partial charge in [-0.05, 0) is 49.6 Å². The largest absolute Gasteiger partial charge is 0.494 e. The van der Waals surface area contributed by atoms with Crippen molar-refractivity contribution < 1.29 is 19.1 Å². The standard InChI is InChI=1S/C23H28N2O4/c1-2-28-21-10-8-18(9-11-21)16-22(26)24-19-12-14-25(15-13-19)23(27)17-29-20-6-4-3-5-7-20/h3-11,19H,2,12-17H2,1H3,(H,24,26). The van der Waals surface area contributed by atoms with E-state index in [-0.39, 0.29) is 24.5 Å². The van der Waals surface area contributed by atoms with E-state index in [4.69, 9.17) is 9.47 Å². The number of carbonyl (C=O) groups is 2. The number of carbonyl (C=O) groups excluding carboxylic acids is 2. The number of piperidine rings is 1. The van der Waals surface area contributed by atoms with E-state index in [1.54, 1.807) is 4.90 Å². The molecule has 0 bridgehead atoms. The van der Waals surface area contributed by atoms with Crippen LogP contribution in [0.1, 0.15) is 25.3 Å². The van der Waals surface area contributed by atoms with Crippen LogP contribution in [0.4, 0.5) is 0 Å². The average molecular weight is 396 g/mol. The van der Waals surface area contributed by atoms with Crippen LogP contribution < -0.4 is 14.8 Å². The van der Waals surface area contributed by atoms with Gasteiger partial charge < -0.3 is 19.7 Å². The maximum atomic E-state index is 12.3. The molecule has 0 atom stereocenters. The van der Waals surface area contributed by atoms with Crippen molar-refractivity contribution >= 4 is 11.8 Å². The van der Waals surface area contributed by atoms with Gasteiger partial charge in [0.05, 0.1) is 13.0 Å². The zero-order valence-corrected chi connectivity index (χ0v) is 16.8. The molecule has 6 heteroatoms. The molecule has 0 aliphatic carbocycles. The first-order valence-electron chi connectivity index (χ1n) is 10.1. The zero-order valence-electron chi connectivity index (χ0n) is 16.8. The van der Waals surface area contributed by atoms with E-state index in [1.807, 2.05) is 61.5 Å². The first kappa shape index (κ1) is 20.7. The van der Waals surface area contributed by atoms with Gasteiger partial charge in [-0.3, -0.25) is 9.59 Å². The Hall–Kier alpha value is -3.02. The van der Waals surface area contributed by atoms with E-state index in [2.05, 4.69) is 5.32 Å². The van der Waals surface area contributed by atoms with Gasteiger partial charge in [0.15, 0.2) is 6.61 Å². The number of hydrogen-bond acceptors (Lipinski definition) is 4. The van der Waals surface area contributed by atoms with Crippen LogP contribution in [0.2, 0.25) is 0 Å². The molecule has 154 valence electrons. The van der Waals surface area contributed by atoms with Gasteiger partial charge in [-0.2, -0.15) is 0 Å². The minimum absolute atomic E-state index is 0.00588. The first-order chi connectivity index (χ1) is 14.1.